The highest BCUT2D eigenvalue weighted by atomic mass is 32.1. The van der Waals surface area contributed by atoms with Gasteiger partial charge in [0.25, 0.3) is 0 Å². The molecule has 0 aromatic heterocycles. The van der Waals surface area contributed by atoms with Gasteiger partial charge in [-0.3, -0.25) is 0 Å². The number of hydrogen-bond donors (Lipinski definition) is 3. The van der Waals surface area contributed by atoms with Gasteiger partial charge in [-0.2, -0.15) is 13.2 Å². The maximum atomic E-state index is 12.9. The van der Waals surface area contributed by atoms with Gasteiger partial charge in [-0.15, -0.1) is 0 Å². The van der Waals surface area contributed by atoms with Crippen molar-refractivity contribution in [3.63, 3.8) is 0 Å². The standard InChI is InChI=1S/C24H29F3N4S/c1-16(2)13-29-20-15-31(14-17-9-11-18(12-10-17)24(25,26)27)22(21(20)23(32)28-3)30-19-7-5-4-6-8-19/h4-12,15-16,21-22,29-30H,13-14H2,1-3H3,(H,28,32). The number of halogens is 3. The lowest BCUT2D eigenvalue weighted by Gasteiger charge is -2.32. The molecule has 3 rings (SSSR count). The number of hydrogen-bond acceptors (Lipinski definition) is 4. The first kappa shape index (κ1) is 23.9. The van der Waals surface area contributed by atoms with Crippen molar-refractivity contribution in [2.24, 2.45) is 11.8 Å². The van der Waals surface area contributed by atoms with Gasteiger partial charge in [-0.25, -0.2) is 0 Å². The molecular weight excluding hydrogens is 433 g/mol. The zero-order chi connectivity index (χ0) is 23.3. The molecule has 172 valence electrons. The van der Waals surface area contributed by atoms with Gasteiger partial charge in [0.15, 0.2) is 0 Å². The van der Waals surface area contributed by atoms with Gasteiger partial charge < -0.3 is 20.9 Å². The van der Waals surface area contributed by atoms with Gasteiger partial charge in [0, 0.05) is 37.7 Å². The molecule has 0 saturated heterocycles. The van der Waals surface area contributed by atoms with Crippen LogP contribution in [-0.2, 0) is 12.7 Å². The van der Waals surface area contributed by atoms with Gasteiger partial charge in [-0.05, 0) is 35.7 Å². The van der Waals surface area contributed by atoms with Gasteiger partial charge in [-0.1, -0.05) is 56.4 Å². The summed E-state index contributed by atoms with van der Waals surface area (Å²) in [7, 11) is 1.81. The molecular formula is C24H29F3N4S. The van der Waals surface area contributed by atoms with E-state index in [4.69, 9.17) is 12.2 Å². The quantitative estimate of drug-likeness (QED) is 0.470. The van der Waals surface area contributed by atoms with E-state index in [1.165, 1.54) is 12.1 Å². The second-order valence-electron chi connectivity index (χ2n) is 8.27. The molecule has 0 bridgehead atoms. The summed E-state index contributed by atoms with van der Waals surface area (Å²) in [6.07, 6.45) is -2.52. The Morgan fingerprint density at radius 3 is 2.28 bits per heavy atom. The van der Waals surface area contributed by atoms with Gasteiger partial charge in [0.1, 0.15) is 6.17 Å². The number of para-hydroxylation sites is 1. The van der Waals surface area contributed by atoms with E-state index in [0.717, 1.165) is 35.6 Å². The van der Waals surface area contributed by atoms with Crippen LogP contribution < -0.4 is 16.0 Å². The fourth-order valence-corrected chi connectivity index (χ4v) is 3.90. The van der Waals surface area contributed by atoms with E-state index in [-0.39, 0.29) is 12.1 Å². The molecule has 4 nitrogen and oxygen atoms in total. The third kappa shape index (κ3) is 5.94. The number of benzene rings is 2. The normalized spacial score (nSPS) is 18.5. The van der Waals surface area contributed by atoms with E-state index in [9.17, 15) is 13.2 Å². The summed E-state index contributed by atoms with van der Waals surface area (Å²) >= 11 is 5.66. The first-order valence-corrected chi connectivity index (χ1v) is 11.0. The van der Waals surface area contributed by atoms with Crippen LogP contribution in [0.5, 0.6) is 0 Å². The van der Waals surface area contributed by atoms with Crippen molar-refractivity contribution in [3.05, 3.63) is 77.6 Å². The lowest BCUT2D eigenvalue weighted by atomic mass is 10.0. The molecule has 8 heteroatoms. The molecule has 2 atom stereocenters. The Balaban J connectivity index is 1.90. The molecule has 0 fully saturated rings. The minimum atomic E-state index is -4.35. The number of rotatable bonds is 8. The molecule has 2 aromatic carbocycles. The minimum absolute atomic E-state index is 0.136. The zero-order valence-corrected chi connectivity index (χ0v) is 19.2. The molecule has 2 unspecified atom stereocenters. The monoisotopic (exact) mass is 462 g/mol. The Morgan fingerprint density at radius 2 is 1.72 bits per heavy atom. The maximum absolute atomic E-state index is 12.9. The summed E-state index contributed by atoms with van der Waals surface area (Å²) in [6, 6.07) is 15.1. The average molecular weight is 463 g/mol. The predicted octanol–water partition coefficient (Wildman–Crippen LogP) is 5.21. The van der Waals surface area contributed by atoms with Crippen LogP contribution >= 0.6 is 12.2 Å². The molecule has 1 aliphatic rings. The number of alkyl halides is 3. The van der Waals surface area contributed by atoms with E-state index in [2.05, 4.69) is 34.7 Å². The van der Waals surface area contributed by atoms with Crippen molar-refractivity contribution in [3.8, 4) is 0 Å². The van der Waals surface area contributed by atoms with Crippen molar-refractivity contribution < 1.29 is 13.2 Å². The lowest BCUT2D eigenvalue weighted by molar-refractivity contribution is -0.137. The Kier molecular flexibility index (Phi) is 7.66. The molecule has 1 aliphatic heterocycles. The molecule has 2 aromatic rings. The van der Waals surface area contributed by atoms with Crippen LogP contribution in [0.2, 0.25) is 0 Å². The summed E-state index contributed by atoms with van der Waals surface area (Å²) in [4.78, 5) is 2.78. The first-order chi connectivity index (χ1) is 15.2. The van der Waals surface area contributed by atoms with E-state index in [1.54, 1.807) is 7.05 Å². The highest BCUT2D eigenvalue weighted by Gasteiger charge is 2.38. The van der Waals surface area contributed by atoms with Crippen LogP contribution in [0.15, 0.2) is 66.5 Å². The first-order valence-electron chi connectivity index (χ1n) is 10.6. The largest absolute Gasteiger partial charge is 0.416 e. The summed E-state index contributed by atoms with van der Waals surface area (Å²) in [6.45, 7) is 5.50. The maximum Gasteiger partial charge on any atom is 0.416 e. The van der Waals surface area contributed by atoms with Crippen LogP contribution in [0, 0.1) is 11.8 Å². The third-order valence-electron chi connectivity index (χ3n) is 5.29. The predicted molar refractivity (Wildman–Crippen MR) is 127 cm³/mol. The van der Waals surface area contributed by atoms with E-state index >= 15 is 0 Å². The molecule has 0 saturated carbocycles. The zero-order valence-electron chi connectivity index (χ0n) is 18.4. The second kappa shape index (κ2) is 10.3. The van der Waals surface area contributed by atoms with Gasteiger partial charge >= 0.3 is 6.18 Å². The minimum Gasteiger partial charge on any atom is -0.386 e. The van der Waals surface area contributed by atoms with Crippen molar-refractivity contribution in [2.75, 3.05) is 18.9 Å². The van der Waals surface area contributed by atoms with Gasteiger partial charge in [0.2, 0.25) is 0 Å². The summed E-state index contributed by atoms with van der Waals surface area (Å²) in [5, 5.41) is 10.2. The smallest absolute Gasteiger partial charge is 0.386 e. The highest BCUT2D eigenvalue weighted by molar-refractivity contribution is 7.80. The highest BCUT2D eigenvalue weighted by Crippen LogP contribution is 2.32. The van der Waals surface area contributed by atoms with Crippen LogP contribution in [0.25, 0.3) is 0 Å². The van der Waals surface area contributed by atoms with Crippen LogP contribution in [0.1, 0.15) is 25.0 Å². The number of nitrogens with one attached hydrogen (secondary N) is 3. The Labute approximate surface area is 192 Å². The van der Waals surface area contributed by atoms with E-state index in [1.807, 2.05) is 36.5 Å². The lowest BCUT2D eigenvalue weighted by Crippen LogP contribution is -2.45. The molecule has 0 radical (unpaired) electrons. The van der Waals surface area contributed by atoms with E-state index in [0.29, 0.717) is 17.5 Å². The topological polar surface area (TPSA) is 39.3 Å². The Hall–Kier alpha value is -2.74. The number of anilines is 1. The molecule has 0 spiro atoms. The number of thiocarbonyl (C=S) groups is 1. The summed E-state index contributed by atoms with van der Waals surface area (Å²) in [5.41, 5.74) is 2.06. The third-order valence-corrected chi connectivity index (χ3v) is 5.75. The summed E-state index contributed by atoms with van der Waals surface area (Å²) in [5.74, 6) is 0.313. The average Bonchev–Trinajstić information content (AvgIpc) is 3.09. The Morgan fingerprint density at radius 1 is 1.06 bits per heavy atom. The molecule has 3 N–H and O–H groups in total. The fraction of sp³-hybridized carbons (Fsp3) is 0.375. The SMILES string of the molecule is CNC(=S)C1C(NCC(C)C)=CN(Cc2ccc(C(F)(F)F)cc2)C1Nc1ccccc1. The Bertz CT molecular complexity index is 927. The molecule has 1 heterocycles. The molecule has 0 aliphatic carbocycles. The van der Waals surface area contributed by atoms with Crippen molar-refractivity contribution >= 4 is 22.9 Å². The van der Waals surface area contributed by atoms with Crippen molar-refractivity contribution in [1.82, 2.24) is 15.5 Å². The molecule has 0 amide bonds. The van der Waals surface area contributed by atoms with Crippen molar-refractivity contribution in [2.45, 2.75) is 32.7 Å². The molecule has 32 heavy (non-hydrogen) atoms. The fourth-order valence-electron chi connectivity index (χ4n) is 3.64. The van der Waals surface area contributed by atoms with Crippen LogP contribution in [0.3, 0.4) is 0 Å². The van der Waals surface area contributed by atoms with E-state index < -0.39 is 11.7 Å². The van der Waals surface area contributed by atoms with Gasteiger partial charge in [0.05, 0.1) is 16.5 Å². The van der Waals surface area contributed by atoms with Crippen LogP contribution in [0.4, 0.5) is 18.9 Å². The number of nitrogens with zero attached hydrogens (tertiary/aromatic N) is 1. The second-order valence-corrected chi connectivity index (χ2v) is 8.71. The van der Waals surface area contributed by atoms with Crippen LogP contribution in [-0.4, -0.2) is 29.6 Å². The van der Waals surface area contributed by atoms with Crippen molar-refractivity contribution in [1.29, 1.82) is 0 Å². The summed E-state index contributed by atoms with van der Waals surface area (Å²) < 4.78 is 38.8.